The van der Waals surface area contributed by atoms with E-state index in [0.29, 0.717) is 34.7 Å². The number of nitrogens with zero attached hydrogens (tertiary/aromatic N) is 2. The molecule has 1 aromatic carbocycles. The van der Waals surface area contributed by atoms with Gasteiger partial charge in [0.05, 0.1) is 44.3 Å². The second-order valence-corrected chi connectivity index (χ2v) is 4.48. The van der Waals surface area contributed by atoms with Crippen LogP contribution in [0.4, 0.5) is 0 Å². The number of hydrogen-bond donors (Lipinski definition) is 0. The Labute approximate surface area is 120 Å². The third-order valence-corrected chi connectivity index (χ3v) is 3.24. The smallest absolute Gasteiger partial charge is 0.261 e. The summed E-state index contributed by atoms with van der Waals surface area (Å²) >= 11 is 0. The van der Waals surface area contributed by atoms with Gasteiger partial charge in [-0.3, -0.25) is 9.36 Å². The van der Waals surface area contributed by atoms with E-state index >= 15 is 0 Å². The monoisotopic (exact) mass is 286 g/mol. The standard InChI is InChI=1S/C15H14N2O4/c1-19-13-6-11-12(7-14(13)20-2)16-9-17(15(11)18)8-10-4-3-5-21-10/h3-7,9H,8H2,1-2H3. The topological polar surface area (TPSA) is 66.5 Å². The van der Waals surface area contributed by atoms with Crippen molar-refractivity contribution in [1.82, 2.24) is 9.55 Å². The molecule has 0 radical (unpaired) electrons. The first-order valence-corrected chi connectivity index (χ1v) is 6.36. The molecular formula is C15H14N2O4. The number of ether oxygens (including phenoxy) is 2. The van der Waals surface area contributed by atoms with Crippen LogP contribution in [0, 0.1) is 0 Å². The van der Waals surface area contributed by atoms with E-state index in [4.69, 9.17) is 13.9 Å². The molecule has 0 amide bonds. The highest BCUT2D eigenvalue weighted by Crippen LogP contribution is 2.29. The van der Waals surface area contributed by atoms with E-state index in [1.165, 1.54) is 18.0 Å². The van der Waals surface area contributed by atoms with Crippen molar-refractivity contribution in [3.63, 3.8) is 0 Å². The summed E-state index contributed by atoms with van der Waals surface area (Å²) < 4.78 is 17.2. The van der Waals surface area contributed by atoms with Gasteiger partial charge in [0, 0.05) is 6.07 Å². The fraction of sp³-hybridized carbons (Fsp3) is 0.200. The molecule has 0 unspecified atom stereocenters. The zero-order valence-electron chi connectivity index (χ0n) is 11.7. The Hall–Kier alpha value is -2.76. The second kappa shape index (κ2) is 5.32. The SMILES string of the molecule is COc1cc2ncn(Cc3ccco3)c(=O)c2cc1OC. The molecule has 0 fully saturated rings. The van der Waals surface area contributed by atoms with E-state index in [1.807, 2.05) is 6.07 Å². The van der Waals surface area contributed by atoms with Gasteiger partial charge in [-0.05, 0) is 18.2 Å². The number of methoxy groups -OCH3 is 2. The van der Waals surface area contributed by atoms with Gasteiger partial charge in [0.2, 0.25) is 0 Å². The molecule has 0 saturated heterocycles. The minimum absolute atomic E-state index is 0.155. The number of benzene rings is 1. The summed E-state index contributed by atoms with van der Waals surface area (Å²) in [6, 6.07) is 6.92. The largest absolute Gasteiger partial charge is 0.493 e. The van der Waals surface area contributed by atoms with E-state index in [2.05, 4.69) is 4.98 Å². The molecule has 21 heavy (non-hydrogen) atoms. The molecular weight excluding hydrogens is 272 g/mol. The Kier molecular flexibility index (Phi) is 3.35. The third kappa shape index (κ3) is 2.35. The van der Waals surface area contributed by atoms with Gasteiger partial charge < -0.3 is 13.9 Å². The van der Waals surface area contributed by atoms with E-state index in [-0.39, 0.29) is 5.56 Å². The predicted molar refractivity (Wildman–Crippen MR) is 76.9 cm³/mol. The van der Waals surface area contributed by atoms with E-state index in [1.54, 1.807) is 31.6 Å². The van der Waals surface area contributed by atoms with Crippen molar-refractivity contribution < 1.29 is 13.9 Å². The van der Waals surface area contributed by atoms with Gasteiger partial charge in [-0.15, -0.1) is 0 Å². The molecule has 2 heterocycles. The number of furan rings is 1. The number of hydrogen-bond acceptors (Lipinski definition) is 5. The molecule has 0 aliphatic heterocycles. The van der Waals surface area contributed by atoms with Crippen LogP contribution in [-0.2, 0) is 6.54 Å². The molecule has 0 spiro atoms. The Morgan fingerprint density at radius 2 is 2.00 bits per heavy atom. The van der Waals surface area contributed by atoms with Crippen LogP contribution in [0.5, 0.6) is 11.5 Å². The van der Waals surface area contributed by atoms with Gasteiger partial charge in [-0.2, -0.15) is 0 Å². The zero-order chi connectivity index (χ0) is 14.8. The van der Waals surface area contributed by atoms with Gasteiger partial charge in [0.15, 0.2) is 11.5 Å². The molecule has 0 aliphatic rings. The highest BCUT2D eigenvalue weighted by atomic mass is 16.5. The van der Waals surface area contributed by atoms with Crippen LogP contribution >= 0.6 is 0 Å². The number of rotatable bonds is 4. The normalized spacial score (nSPS) is 10.8. The van der Waals surface area contributed by atoms with Crippen molar-refractivity contribution in [1.29, 1.82) is 0 Å². The van der Waals surface area contributed by atoms with Gasteiger partial charge in [0.25, 0.3) is 5.56 Å². The Balaban J connectivity index is 2.13. The molecule has 0 atom stereocenters. The maximum atomic E-state index is 12.5. The van der Waals surface area contributed by atoms with Crippen molar-refractivity contribution in [3.05, 3.63) is 53.0 Å². The first-order valence-electron chi connectivity index (χ1n) is 6.36. The molecule has 0 aliphatic carbocycles. The Morgan fingerprint density at radius 1 is 1.24 bits per heavy atom. The van der Waals surface area contributed by atoms with Crippen molar-refractivity contribution in [2.75, 3.05) is 14.2 Å². The zero-order valence-corrected chi connectivity index (χ0v) is 11.7. The summed E-state index contributed by atoms with van der Waals surface area (Å²) in [5, 5.41) is 0.474. The molecule has 0 saturated carbocycles. The molecule has 3 rings (SSSR count). The third-order valence-electron chi connectivity index (χ3n) is 3.24. The van der Waals surface area contributed by atoms with Gasteiger partial charge in [-0.25, -0.2) is 4.98 Å². The Morgan fingerprint density at radius 3 is 2.67 bits per heavy atom. The lowest BCUT2D eigenvalue weighted by atomic mass is 10.2. The van der Waals surface area contributed by atoms with Crippen LogP contribution in [0.2, 0.25) is 0 Å². The lowest BCUT2D eigenvalue weighted by Gasteiger charge is -2.10. The fourth-order valence-electron chi connectivity index (χ4n) is 2.17. The van der Waals surface area contributed by atoms with Crippen LogP contribution in [0.15, 0.2) is 46.1 Å². The van der Waals surface area contributed by atoms with Crippen molar-refractivity contribution in [3.8, 4) is 11.5 Å². The van der Waals surface area contributed by atoms with E-state index in [9.17, 15) is 4.79 Å². The lowest BCUT2D eigenvalue weighted by Crippen LogP contribution is -2.21. The molecule has 108 valence electrons. The Bertz CT molecular complexity index is 822. The quantitative estimate of drug-likeness (QED) is 0.734. The summed E-state index contributed by atoms with van der Waals surface area (Å²) in [5.41, 5.74) is 0.408. The van der Waals surface area contributed by atoms with Crippen molar-refractivity contribution >= 4 is 10.9 Å². The summed E-state index contributed by atoms with van der Waals surface area (Å²) in [4.78, 5) is 16.8. The first-order chi connectivity index (χ1) is 10.2. The molecule has 3 aromatic rings. The van der Waals surface area contributed by atoms with Gasteiger partial charge in [0.1, 0.15) is 5.76 Å². The molecule has 0 N–H and O–H groups in total. The molecule has 6 nitrogen and oxygen atoms in total. The lowest BCUT2D eigenvalue weighted by molar-refractivity contribution is 0.355. The second-order valence-electron chi connectivity index (χ2n) is 4.48. The van der Waals surface area contributed by atoms with Crippen molar-refractivity contribution in [2.24, 2.45) is 0 Å². The van der Waals surface area contributed by atoms with Crippen molar-refractivity contribution in [2.45, 2.75) is 6.54 Å². The molecule has 6 heteroatoms. The number of aromatic nitrogens is 2. The predicted octanol–water partition coefficient (Wildman–Crippen LogP) is 2.05. The average Bonchev–Trinajstić information content (AvgIpc) is 3.02. The fourth-order valence-corrected chi connectivity index (χ4v) is 2.17. The van der Waals surface area contributed by atoms with Crippen LogP contribution in [-0.4, -0.2) is 23.8 Å². The highest BCUT2D eigenvalue weighted by molar-refractivity contribution is 5.81. The molecule has 2 aromatic heterocycles. The number of fused-ring (bicyclic) bond motifs is 1. The minimum atomic E-state index is -0.155. The summed E-state index contributed by atoms with van der Waals surface area (Å²) in [5.74, 6) is 1.74. The summed E-state index contributed by atoms with van der Waals surface area (Å²) in [7, 11) is 3.07. The van der Waals surface area contributed by atoms with Crippen LogP contribution in [0.25, 0.3) is 10.9 Å². The van der Waals surface area contributed by atoms with E-state index in [0.717, 1.165) is 0 Å². The average molecular weight is 286 g/mol. The summed E-state index contributed by atoms with van der Waals surface area (Å²) in [6.07, 6.45) is 3.07. The highest BCUT2D eigenvalue weighted by Gasteiger charge is 2.11. The van der Waals surface area contributed by atoms with Gasteiger partial charge >= 0.3 is 0 Å². The van der Waals surface area contributed by atoms with Crippen LogP contribution in [0.3, 0.4) is 0 Å². The maximum absolute atomic E-state index is 12.5. The molecule has 0 bridgehead atoms. The first kappa shape index (κ1) is 13.2. The minimum Gasteiger partial charge on any atom is -0.493 e. The maximum Gasteiger partial charge on any atom is 0.261 e. The van der Waals surface area contributed by atoms with E-state index < -0.39 is 0 Å². The van der Waals surface area contributed by atoms with Crippen LogP contribution < -0.4 is 15.0 Å². The summed E-state index contributed by atoms with van der Waals surface area (Å²) in [6.45, 7) is 0.336. The van der Waals surface area contributed by atoms with Gasteiger partial charge in [-0.1, -0.05) is 0 Å². The van der Waals surface area contributed by atoms with Crippen LogP contribution in [0.1, 0.15) is 5.76 Å².